The van der Waals surface area contributed by atoms with Gasteiger partial charge in [-0.3, -0.25) is 0 Å². The number of aliphatic hydroxyl groups is 1. The van der Waals surface area contributed by atoms with Gasteiger partial charge in [0.25, 0.3) is 0 Å². The molecule has 1 atom stereocenters. The number of ether oxygens (including phenoxy) is 1. The number of rotatable bonds is 6. The van der Waals surface area contributed by atoms with Crippen LogP contribution in [0.2, 0.25) is 5.02 Å². The minimum atomic E-state index is -0.0264. The number of anilines is 2. The summed E-state index contributed by atoms with van der Waals surface area (Å²) >= 11 is 6.28. The Balaban J connectivity index is 1.49. The lowest BCUT2D eigenvalue weighted by molar-refractivity contribution is 0.0543. The van der Waals surface area contributed by atoms with Gasteiger partial charge in [0.05, 0.1) is 0 Å². The van der Waals surface area contributed by atoms with Crippen molar-refractivity contribution in [2.24, 2.45) is 5.92 Å². The smallest absolute Gasteiger partial charge is 0.134 e. The standard InChI is InChI=1S/C22H29ClN4O2/c23-19-5-1-4-18(11-19)22(6-9-29-10-7-22)15-24-20-12-21(26-16-25-20)27-8-2-3-17(13-27)14-28/h1,4-5,11-12,16-17,28H,2-3,6-10,13-15H2,(H,24,25,26). The van der Waals surface area contributed by atoms with E-state index >= 15 is 0 Å². The summed E-state index contributed by atoms with van der Waals surface area (Å²) in [5.74, 6) is 2.07. The lowest BCUT2D eigenvalue weighted by Crippen LogP contribution is -2.40. The molecule has 0 spiro atoms. The van der Waals surface area contributed by atoms with E-state index in [2.05, 4.69) is 32.3 Å². The third-order valence-corrected chi connectivity index (χ3v) is 6.48. The molecule has 2 aliphatic rings. The first-order valence-corrected chi connectivity index (χ1v) is 10.8. The number of benzene rings is 1. The molecule has 3 heterocycles. The van der Waals surface area contributed by atoms with Crippen molar-refractivity contribution in [3.63, 3.8) is 0 Å². The molecule has 2 aliphatic heterocycles. The van der Waals surface area contributed by atoms with Crippen molar-refractivity contribution in [2.45, 2.75) is 31.1 Å². The van der Waals surface area contributed by atoms with Gasteiger partial charge in [-0.1, -0.05) is 23.7 Å². The van der Waals surface area contributed by atoms with Crippen molar-refractivity contribution in [3.05, 3.63) is 47.2 Å². The molecule has 4 rings (SSSR count). The lowest BCUT2D eigenvalue weighted by atomic mass is 9.74. The fourth-order valence-corrected chi connectivity index (χ4v) is 4.64. The second kappa shape index (κ2) is 9.28. The first-order valence-electron chi connectivity index (χ1n) is 10.4. The zero-order valence-electron chi connectivity index (χ0n) is 16.7. The van der Waals surface area contributed by atoms with Crippen LogP contribution in [-0.2, 0) is 10.2 Å². The average Bonchev–Trinajstić information content (AvgIpc) is 2.78. The molecule has 1 aromatic heterocycles. The van der Waals surface area contributed by atoms with E-state index < -0.39 is 0 Å². The minimum absolute atomic E-state index is 0.0264. The number of halogens is 1. The second-order valence-electron chi connectivity index (χ2n) is 8.15. The van der Waals surface area contributed by atoms with Crippen molar-refractivity contribution in [1.82, 2.24) is 9.97 Å². The van der Waals surface area contributed by atoms with Gasteiger partial charge >= 0.3 is 0 Å². The molecular formula is C22H29ClN4O2. The van der Waals surface area contributed by atoms with Gasteiger partial charge in [-0.05, 0) is 49.3 Å². The summed E-state index contributed by atoms with van der Waals surface area (Å²) in [6, 6.07) is 10.2. The van der Waals surface area contributed by atoms with Crippen molar-refractivity contribution < 1.29 is 9.84 Å². The summed E-state index contributed by atoms with van der Waals surface area (Å²) in [6.45, 7) is 4.32. The zero-order valence-corrected chi connectivity index (χ0v) is 17.4. The summed E-state index contributed by atoms with van der Waals surface area (Å²) in [5, 5.41) is 13.8. The molecule has 29 heavy (non-hydrogen) atoms. The molecule has 7 heteroatoms. The van der Waals surface area contributed by atoms with Crippen LogP contribution in [0.15, 0.2) is 36.7 Å². The normalized spacial score (nSPS) is 21.7. The molecule has 2 aromatic rings. The third-order valence-electron chi connectivity index (χ3n) is 6.25. The maximum atomic E-state index is 9.50. The van der Waals surface area contributed by atoms with Crippen molar-refractivity contribution in [3.8, 4) is 0 Å². The van der Waals surface area contributed by atoms with Gasteiger partial charge < -0.3 is 20.1 Å². The van der Waals surface area contributed by atoms with E-state index in [-0.39, 0.29) is 12.0 Å². The van der Waals surface area contributed by atoms with Crippen LogP contribution in [0, 0.1) is 5.92 Å². The quantitative estimate of drug-likeness (QED) is 0.751. The molecule has 2 saturated heterocycles. The van der Waals surface area contributed by atoms with Crippen molar-refractivity contribution >= 4 is 23.2 Å². The Labute approximate surface area is 177 Å². The Morgan fingerprint density at radius 1 is 1.24 bits per heavy atom. The van der Waals surface area contributed by atoms with Crippen LogP contribution < -0.4 is 10.2 Å². The molecule has 1 aromatic carbocycles. The molecule has 0 aliphatic carbocycles. The van der Waals surface area contributed by atoms with Crippen LogP contribution in [0.25, 0.3) is 0 Å². The zero-order chi connectivity index (χ0) is 20.1. The van der Waals surface area contributed by atoms with Crippen LogP contribution in [0.3, 0.4) is 0 Å². The first-order chi connectivity index (χ1) is 14.2. The highest BCUT2D eigenvalue weighted by Crippen LogP contribution is 2.36. The second-order valence-corrected chi connectivity index (χ2v) is 8.59. The Bertz CT molecular complexity index is 813. The largest absolute Gasteiger partial charge is 0.396 e. The summed E-state index contributed by atoms with van der Waals surface area (Å²) in [4.78, 5) is 11.2. The average molecular weight is 417 g/mol. The summed E-state index contributed by atoms with van der Waals surface area (Å²) in [6.07, 6.45) is 5.67. The Morgan fingerprint density at radius 2 is 2.10 bits per heavy atom. The molecule has 0 saturated carbocycles. The van der Waals surface area contributed by atoms with E-state index in [4.69, 9.17) is 16.3 Å². The van der Waals surface area contributed by atoms with Gasteiger partial charge in [-0.25, -0.2) is 9.97 Å². The summed E-state index contributed by atoms with van der Waals surface area (Å²) in [5.41, 5.74) is 1.22. The molecule has 0 bridgehead atoms. The summed E-state index contributed by atoms with van der Waals surface area (Å²) < 4.78 is 5.63. The minimum Gasteiger partial charge on any atom is -0.396 e. The van der Waals surface area contributed by atoms with E-state index in [0.29, 0.717) is 5.92 Å². The van der Waals surface area contributed by atoms with Crippen LogP contribution in [0.1, 0.15) is 31.2 Å². The number of aromatic nitrogens is 2. The van der Waals surface area contributed by atoms with E-state index in [1.165, 1.54) is 5.56 Å². The SMILES string of the molecule is OCC1CCCN(c2cc(NCC3(c4cccc(Cl)c4)CCOCC3)ncn2)C1. The van der Waals surface area contributed by atoms with Crippen LogP contribution in [-0.4, -0.2) is 54.5 Å². The number of aliphatic hydroxyl groups excluding tert-OH is 1. The number of nitrogens with one attached hydrogen (secondary N) is 1. The van der Waals surface area contributed by atoms with E-state index in [0.717, 1.165) is 75.2 Å². The van der Waals surface area contributed by atoms with Crippen LogP contribution in [0.5, 0.6) is 0 Å². The number of nitrogens with zero attached hydrogens (tertiary/aromatic N) is 3. The first kappa shape index (κ1) is 20.4. The highest BCUT2D eigenvalue weighted by atomic mass is 35.5. The molecule has 2 fully saturated rings. The fourth-order valence-electron chi connectivity index (χ4n) is 4.45. The van der Waals surface area contributed by atoms with E-state index in [9.17, 15) is 5.11 Å². The van der Waals surface area contributed by atoms with E-state index in [1.54, 1.807) is 6.33 Å². The maximum absolute atomic E-state index is 9.50. The number of piperidine rings is 1. The van der Waals surface area contributed by atoms with Gasteiger partial charge in [0, 0.05) is 56.0 Å². The molecule has 1 unspecified atom stereocenters. The number of hydrogen-bond acceptors (Lipinski definition) is 6. The Kier molecular flexibility index (Phi) is 6.53. The molecular weight excluding hydrogens is 388 g/mol. The molecule has 0 radical (unpaired) electrons. The molecule has 156 valence electrons. The lowest BCUT2D eigenvalue weighted by Gasteiger charge is -2.38. The van der Waals surface area contributed by atoms with Gasteiger partial charge in [-0.15, -0.1) is 0 Å². The highest BCUT2D eigenvalue weighted by Gasteiger charge is 2.34. The van der Waals surface area contributed by atoms with Gasteiger partial charge in [0.15, 0.2) is 0 Å². The highest BCUT2D eigenvalue weighted by molar-refractivity contribution is 6.30. The molecule has 0 amide bonds. The molecule has 6 nitrogen and oxygen atoms in total. The fraction of sp³-hybridized carbons (Fsp3) is 0.545. The third kappa shape index (κ3) is 4.82. The van der Waals surface area contributed by atoms with E-state index in [1.807, 2.05) is 18.2 Å². The predicted molar refractivity (Wildman–Crippen MR) is 116 cm³/mol. The predicted octanol–water partition coefficient (Wildman–Crippen LogP) is 3.50. The number of hydrogen-bond donors (Lipinski definition) is 2. The topological polar surface area (TPSA) is 70.5 Å². The monoisotopic (exact) mass is 416 g/mol. The van der Waals surface area contributed by atoms with Gasteiger partial charge in [0.1, 0.15) is 18.0 Å². The van der Waals surface area contributed by atoms with Crippen molar-refractivity contribution in [1.29, 1.82) is 0 Å². The Hall–Kier alpha value is -1.89. The van der Waals surface area contributed by atoms with Gasteiger partial charge in [-0.2, -0.15) is 0 Å². The Morgan fingerprint density at radius 3 is 2.90 bits per heavy atom. The molecule has 2 N–H and O–H groups in total. The van der Waals surface area contributed by atoms with Crippen molar-refractivity contribution in [2.75, 3.05) is 49.7 Å². The van der Waals surface area contributed by atoms with Gasteiger partial charge in [0.2, 0.25) is 0 Å². The van der Waals surface area contributed by atoms with Crippen LogP contribution in [0.4, 0.5) is 11.6 Å². The maximum Gasteiger partial charge on any atom is 0.134 e. The summed E-state index contributed by atoms with van der Waals surface area (Å²) in [7, 11) is 0. The van der Waals surface area contributed by atoms with Crippen LogP contribution >= 0.6 is 11.6 Å².